The zero-order valence-corrected chi connectivity index (χ0v) is 11.5. The maximum absolute atomic E-state index is 4.37. The fourth-order valence-corrected chi connectivity index (χ4v) is 2.76. The van der Waals surface area contributed by atoms with Crippen molar-refractivity contribution in [3.63, 3.8) is 0 Å². The van der Waals surface area contributed by atoms with Crippen LogP contribution in [0.1, 0.15) is 5.56 Å². The molecule has 96 valence electrons. The number of para-hydroxylation sites is 2. The molecule has 19 heavy (non-hydrogen) atoms. The quantitative estimate of drug-likeness (QED) is 0.728. The highest BCUT2D eigenvalue weighted by Crippen LogP contribution is 2.18. The summed E-state index contributed by atoms with van der Waals surface area (Å²) in [7, 11) is 0. The van der Waals surface area contributed by atoms with Gasteiger partial charge in [-0.15, -0.1) is 0 Å². The maximum Gasteiger partial charge on any atom is 0.106 e. The van der Waals surface area contributed by atoms with E-state index in [1.807, 2.05) is 24.5 Å². The highest BCUT2D eigenvalue weighted by Gasteiger charge is 2.01. The lowest BCUT2D eigenvalue weighted by Crippen LogP contribution is -2.00. The lowest BCUT2D eigenvalue weighted by molar-refractivity contribution is 1.25. The van der Waals surface area contributed by atoms with Crippen molar-refractivity contribution < 1.29 is 0 Å². The van der Waals surface area contributed by atoms with Gasteiger partial charge >= 0.3 is 0 Å². The molecule has 0 unspecified atom stereocenters. The number of benzene rings is 2. The van der Waals surface area contributed by atoms with E-state index in [0.29, 0.717) is 0 Å². The summed E-state index contributed by atoms with van der Waals surface area (Å²) in [6, 6.07) is 16.6. The highest BCUT2D eigenvalue weighted by atomic mass is 32.2. The van der Waals surface area contributed by atoms with E-state index >= 15 is 0 Å². The monoisotopic (exact) mass is 269 g/mol. The van der Waals surface area contributed by atoms with E-state index in [9.17, 15) is 0 Å². The van der Waals surface area contributed by atoms with E-state index in [1.165, 1.54) is 5.56 Å². The van der Waals surface area contributed by atoms with Gasteiger partial charge in [-0.1, -0.05) is 24.3 Å². The van der Waals surface area contributed by atoms with Crippen molar-refractivity contribution in [1.82, 2.24) is 8.96 Å². The first-order valence-corrected chi connectivity index (χ1v) is 7.13. The summed E-state index contributed by atoms with van der Waals surface area (Å²) in [6.07, 6.45) is 1.87. The predicted octanol–water partition coefficient (Wildman–Crippen LogP) is 3.91. The molecule has 0 aliphatic rings. The number of hydrogen-bond acceptors (Lipinski definition) is 3. The fourth-order valence-electron chi connectivity index (χ4n) is 1.98. The molecule has 0 saturated carbocycles. The van der Waals surface area contributed by atoms with Gasteiger partial charge in [0, 0.05) is 5.69 Å². The molecule has 0 aliphatic heterocycles. The average Bonchev–Trinajstić information content (AvgIpc) is 2.83. The minimum absolute atomic E-state index is 0.809. The van der Waals surface area contributed by atoms with E-state index in [2.05, 4.69) is 51.5 Å². The van der Waals surface area contributed by atoms with Crippen LogP contribution >= 0.6 is 11.9 Å². The van der Waals surface area contributed by atoms with Crippen LogP contribution < -0.4 is 5.32 Å². The molecule has 1 heterocycles. The average molecular weight is 269 g/mol. The molecule has 4 heteroatoms. The molecular formula is C15H15N3S. The first-order valence-electron chi connectivity index (χ1n) is 6.19. The number of nitrogens with one attached hydrogen (secondary N) is 1. The summed E-state index contributed by atoms with van der Waals surface area (Å²) in [5.74, 6) is 0.809. The topological polar surface area (TPSA) is 29.9 Å². The summed E-state index contributed by atoms with van der Waals surface area (Å²) in [4.78, 5) is 4.37. The zero-order chi connectivity index (χ0) is 13.1. The number of rotatable bonds is 4. The predicted molar refractivity (Wildman–Crippen MR) is 82.4 cm³/mol. The second-order valence-electron chi connectivity index (χ2n) is 4.38. The Hall–Kier alpha value is -1.94. The second-order valence-corrected chi connectivity index (χ2v) is 5.32. The van der Waals surface area contributed by atoms with E-state index in [1.54, 1.807) is 11.9 Å². The van der Waals surface area contributed by atoms with Crippen LogP contribution in [0.5, 0.6) is 0 Å². The Morgan fingerprint density at radius 3 is 2.95 bits per heavy atom. The molecule has 3 rings (SSSR count). The van der Waals surface area contributed by atoms with E-state index in [0.717, 1.165) is 22.6 Å². The third kappa shape index (κ3) is 2.74. The second kappa shape index (κ2) is 5.36. The van der Waals surface area contributed by atoms with Gasteiger partial charge in [0.05, 0.1) is 16.9 Å². The van der Waals surface area contributed by atoms with Gasteiger partial charge < -0.3 is 5.32 Å². The van der Waals surface area contributed by atoms with Crippen LogP contribution in [0.3, 0.4) is 0 Å². The number of anilines is 1. The Morgan fingerprint density at radius 1 is 1.16 bits per heavy atom. The zero-order valence-electron chi connectivity index (χ0n) is 10.7. The Bertz CT molecular complexity index is 690. The van der Waals surface area contributed by atoms with Crippen LogP contribution in [0.4, 0.5) is 5.69 Å². The fraction of sp³-hybridized carbons (Fsp3) is 0.133. The molecule has 3 nitrogen and oxygen atoms in total. The standard InChI is InChI=1S/C15H15N3S/c1-12-5-4-6-13(9-12)17-11-19-18-10-16-14-7-2-3-8-15(14)18/h2-10,17H,11H2,1H3. The summed E-state index contributed by atoms with van der Waals surface area (Å²) in [5, 5.41) is 3.40. The minimum Gasteiger partial charge on any atom is -0.374 e. The lowest BCUT2D eigenvalue weighted by Gasteiger charge is -2.07. The molecule has 0 saturated heterocycles. The number of aryl methyl sites for hydroxylation is 1. The van der Waals surface area contributed by atoms with Crippen LogP contribution in [0.15, 0.2) is 54.9 Å². The Kier molecular flexibility index (Phi) is 3.42. The third-order valence-electron chi connectivity index (χ3n) is 2.92. The number of imidazole rings is 1. The van der Waals surface area contributed by atoms with Crippen LogP contribution in [0.2, 0.25) is 0 Å². The van der Waals surface area contributed by atoms with Crippen LogP contribution in [-0.2, 0) is 0 Å². The van der Waals surface area contributed by atoms with Crippen molar-refractivity contribution in [2.45, 2.75) is 6.92 Å². The summed E-state index contributed by atoms with van der Waals surface area (Å²) in [5.41, 5.74) is 4.60. The van der Waals surface area contributed by atoms with Crippen molar-refractivity contribution in [3.8, 4) is 0 Å². The van der Waals surface area contributed by atoms with Gasteiger partial charge in [-0.05, 0) is 48.7 Å². The summed E-state index contributed by atoms with van der Waals surface area (Å²) < 4.78 is 2.10. The van der Waals surface area contributed by atoms with Crippen LogP contribution in [0, 0.1) is 6.92 Å². The smallest absolute Gasteiger partial charge is 0.106 e. The molecule has 0 bridgehead atoms. The number of aromatic nitrogens is 2. The molecule has 1 aromatic heterocycles. The molecule has 0 aliphatic carbocycles. The van der Waals surface area contributed by atoms with Crippen molar-refractivity contribution in [3.05, 3.63) is 60.4 Å². The molecular weight excluding hydrogens is 254 g/mol. The van der Waals surface area contributed by atoms with Gasteiger partial charge in [0.2, 0.25) is 0 Å². The summed E-state index contributed by atoms with van der Waals surface area (Å²) in [6.45, 7) is 2.10. The largest absolute Gasteiger partial charge is 0.374 e. The normalized spacial score (nSPS) is 10.8. The first kappa shape index (κ1) is 12.1. The van der Waals surface area contributed by atoms with Crippen molar-refractivity contribution in [2.75, 3.05) is 11.2 Å². The molecule has 3 aromatic rings. The van der Waals surface area contributed by atoms with E-state index in [4.69, 9.17) is 0 Å². The van der Waals surface area contributed by atoms with Crippen molar-refractivity contribution in [2.24, 2.45) is 0 Å². The Morgan fingerprint density at radius 2 is 2.05 bits per heavy atom. The minimum atomic E-state index is 0.809. The third-order valence-corrected chi connectivity index (χ3v) is 3.76. The van der Waals surface area contributed by atoms with E-state index in [-0.39, 0.29) is 0 Å². The molecule has 2 aromatic carbocycles. The van der Waals surface area contributed by atoms with E-state index < -0.39 is 0 Å². The SMILES string of the molecule is Cc1cccc(NCSn2cnc3ccccc32)c1. The van der Waals surface area contributed by atoms with Gasteiger partial charge in [-0.2, -0.15) is 0 Å². The molecule has 0 spiro atoms. The van der Waals surface area contributed by atoms with Gasteiger partial charge in [-0.3, -0.25) is 3.97 Å². The Balaban J connectivity index is 1.66. The maximum atomic E-state index is 4.37. The van der Waals surface area contributed by atoms with Gasteiger partial charge in [0.1, 0.15) is 6.33 Å². The molecule has 0 atom stereocenters. The lowest BCUT2D eigenvalue weighted by atomic mass is 10.2. The molecule has 0 fully saturated rings. The molecule has 0 radical (unpaired) electrons. The van der Waals surface area contributed by atoms with Gasteiger partial charge in [-0.25, -0.2) is 4.98 Å². The first-order chi connectivity index (χ1) is 9.33. The van der Waals surface area contributed by atoms with Crippen LogP contribution in [-0.4, -0.2) is 14.8 Å². The van der Waals surface area contributed by atoms with Gasteiger partial charge in [0.15, 0.2) is 0 Å². The van der Waals surface area contributed by atoms with Gasteiger partial charge in [0.25, 0.3) is 0 Å². The van der Waals surface area contributed by atoms with Crippen molar-refractivity contribution in [1.29, 1.82) is 0 Å². The Labute approximate surface area is 116 Å². The van der Waals surface area contributed by atoms with Crippen molar-refractivity contribution >= 4 is 28.7 Å². The summed E-state index contributed by atoms with van der Waals surface area (Å²) >= 11 is 1.70. The number of hydrogen-bond donors (Lipinski definition) is 1. The highest BCUT2D eigenvalue weighted by molar-refractivity contribution is 7.98. The van der Waals surface area contributed by atoms with Crippen LogP contribution in [0.25, 0.3) is 11.0 Å². The number of fused-ring (bicyclic) bond motifs is 1. The number of nitrogens with zero attached hydrogens (tertiary/aromatic N) is 2. The molecule has 1 N–H and O–H groups in total. The molecule has 0 amide bonds.